The number of rotatable bonds is 8. The Labute approximate surface area is 172 Å². The van der Waals surface area contributed by atoms with E-state index in [9.17, 15) is 4.79 Å². The number of fused-ring (bicyclic) bond motifs is 1. The van der Waals surface area contributed by atoms with E-state index in [0.717, 1.165) is 19.3 Å². The predicted molar refractivity (Wildman–Crippen MR) is 120 cm³/mol. The molecule has 0 aliphatic heterocycles. The maximum Gasteiger partial charge on any atom is 0.158 e. The first-order chi connectivity index (χ1) is 13.3. The van der Waals surface area contributed by atoms with E-state index in [2.05, 4.69) is 53.7 Å². The van der Waals surface area contributed by atoms with Crippen LogP contribution in [0, 0.1) is 6.92 Å². The third-order valence-corrected chi connectivity index (χ3v) is 6.32. The minimum Gasteiger partial charge on any atom is -0.369 e. The van der Waals surface area contributed by atoms with Gasteiger partial charge in [-0.2, -0.15) is 0 Å². The van der Waals surface area contributed by atoms with Crippen molar-refractivity contribution in [3.05, 3.63) is 51.1 Å². The molecule has 1 aromatic rings. The van der Waals surface area contributed by atoms with E-state index in [0.29, 0.717) is 18.9 Å². The second-order valence-electron chi connectivity index (χ2n) is 8.28. The van der Waals surface area contributed by atoms with Crippen LogP contribution in [0.5, 0.6) is 0 Å². The Bertz CT molecular complexity index is 780. The lowest BCUT2D eigenvalue weighted by Crippen LogP contribution is -2.09. The summed E-state index contributed by atoms with van der Waals surface area (Å²) in [5.74, 6) is 0.770. The zero-order valence-corrected chi connectivity index (χ0v) is 19.0. The molecule has 0 aromatic heterocycles. The molecule has 0 saturated heterocycles. The summed E-state index contributed by atoms with van der Waals surface area (Å²) in [6, 6.07) is 2.45. The SMILES string of the molecule is CCC(=O)COC/C(C)=C1\C=C(C)c2cc(CC)c(C(C)CC)c(C)c2CC1. The first-order valence-electron chi connectivity index (χ1n) is 11.0. The van der Waals surface area contributed by atoms with Crippen LogP contribution in [0.1, 0.15) is 94.5 Å². The molecule has 0 N–H and O–H groups in total. The summed E-state index contributed by atoms with van der Waals surface area (Å²) < 4.78 is 5.64. The van der Waals surface area contributed by atoms with E-state index in [1.54, 1.807) is 5.56 Å². The van der Waals surface area contributed by atoms with Crippen molar-refractivity contribution in [1.29, 1.82) is 0 Å². The number of ether oxygens (including phenoxy) is 1. The highest BCUT2D eigenvalue weighted by Crippen LogP contribution is 2.37. The molecule has 28 heavy (non-hydrogen) atoms. The van der Waals surface area contributed by atoms with Crippen molar-refractivity contribution in [2.45, 2.75) is 86.5 Å². The summed E-state index contributed by atoms with van der Waals surface area (Å²) in [5, 5.41) is 0. The summed E-state index contributed by atoms with van der Waals surface area (Å²) in [6.45, 7) is 16.3. The number of Topliss-reactive ketones (excluding diaryl/α,β-unsaturated/α-hetero) is 1. The molecule has 1 aliphatic rings. The third kappa shape index (κ3) is 5.03. The number of aryl methyl sites for hydroxylation is 1. The number of benzene rings is 1. The second-order valence-corrected chi connectivity index (χ2v) is 8.28. The van der Waals surface area contributed by atoms with Gasteiger partial charge in [-0.05, 0) is 96.9 Å². The molecule has 0 saturated carbocycles. The average molecular weight is 383 g/mol. The Morgan fingerprint density at radius 2 is 1.86 bits per heavy atom. The molecule has 0 radical (unpaired) electrons. The number of ketones is 1. The van der Waals surface area contributed by atoms with Gasteiger partial charge in [-0.15, -0.1) is 0 Å². The van der Waals surface area contributed by atoms with Crippen LogP contribution in [-0.2, 0) is 22.4 Å². The summed E-state index contributed by atoms with van der Waals surface area (Å²) >= 11 is 0. The summed E-state index contributed by atoms with van der Waals surface area (Å²) in [7, 11) is 0. The summed E-state index contributed by atoms with van der Waals surface area (Å²) in [6.07, 6.45) is 7.26. The van der Waals surface area contributed by atoms with Gasteiger partial charge in [0.1, 0.15) is 6.61 Å². The Balaban J connectivity index is 2.36. The Morgan fingerprint density at radius 1 is 1.14 bits per heavy atom. The number of hydrogen-bond donors (Lipinski definition) is 0. The largest absolute Gasteiger partial charge is 0.369 e. The van der Waals surface area contributed by atoms with E-state index >= 15 is 0 Å². The highest BCUT2D eigenvalue weighted by atomic mass is 16.5. The number of carbonyl (C=O) groups is 1. The lowest BCUT2D eigenvalue weighted by atomic mass is 9.82. The first-order valence-corrected chi connectivity index (χ1v) is 11.0. The highest BCUT2D eigenvalue weighted by Gasteiger charge is 2.21. The Hall–Kier alpha value is -1.67. The van der Waals surface area contributed by atoms with E-state index in [1.165, 1.54) is 45.4 Å². The lowest BCUT2D eigenvalue weighted by Gasteiger charge is -2.23. The van der Waals surface area contributed by atoms with Crippen LogP contribution in [0.3, 0.4) is 0 Å². The molecule has 0 amide bonds. The topological polar surface area (TPSA) is 26.3 Å². The fourth-order valence-corrected chi connectivity index (χ4v) is 4.32. The molecule has 0 heterocycles. The normalized spacial score (nSPS) is 16.9. The molecule has 0 spiro atoms. The average Bonchev–Trinajstić information content (AvgIpc) is 2.86. The maximum absolute atomic E-state index is 11.5. The highest BCUT2D eigenvalue weighted by molar-refractivity contribution is 5.79. The van der Waals surface area contributed by atoms with Crippen molar-refractivity contribution in [3.8, 4) is 0 Å². The zero-order chi connectivity index (χ0) is 20.8. The summed E-state index contributed by atoms with van der Waals surface area (Å²) in [4.78, 5) is 11.5. The number of allylic oxidation sites excluding steroid dienone is 3. The molecule has 1 aliphatic carbocycles. The lowest BCUT2D eigenvalue weighted by molar-refractivity contribution is -0.122. The Kier molecular flexibility index (Phi) is 8.24. The van der Waals surface area contributed by atoms with Gasteiger partial charge >= 0.3 is 0 Å². The fourth-order valence-electron chi connectivity index (χ4n) is 4.32. The standard InChI is InChI=1S/C26H38O2/c1-8-17(4)26-20(7)24-12-11-22(19(6)15-28-16-23(27)10-3)13-18(5)25(24)14-21(26)9-2/h13-14,17H,8-12,15-16H2,1-7H3/b22-19-. The van der Waals surface area contributed by atoms with Crippen molar-refractivity contribution in [1.82, 2.24) is 0 Å². The molecular weight excluding hydrogens is 344 g/mol. The van der Waals surface area contributed by atoms with E-state index in [-0.39, 0.29) is 12.4 Å². The first kappa shape index (κ1) is 22.6. The molecule has 0 bridgehead atoms. The van der Waals surface area contributed by atoms with Crippen molar-refractivity contribution in [2.24, 2.45) is 0 Å². The van der Waals surface area contributed by atoms with Crippen LogP contribution in [-0.4, -0.2) is 19.0 Å². The van der Waals surface area contributed by atoms with Crippen LogP contribution in [0.15, 0.2) is 23.3 Å². The van der Waals surface area contributed by atoms with Crippen molar-refractivity contribution >= 4 is 11.4 Å². The smallest absolute Gasteiger partial charge is 0.158 e. The Morgan fingerprint density at radius 3 is 2.46 bits per heavy atom. The number of hydrogen-bond acceptors (Lipinski definition) is 2. The van der Waals surface area contributed by atoms with Gasteiger partial charge in [-0.3, -0.25) is 4.79 Å². The van der Waals surface area contributed by atoms with Crippen molar-refractivity contribution in [2.75, 3.05) is 13.2 Å². The van der Waals surface area contributed by atoms with Gasteiger partial charge in [0.2, 0.25) is 0 Å². The van der Waals surface area contributed by atoms with Crippen molar-refractivity contribution < 1.29 is 9.53 Å². The van der Waals surface area contributed by atoms with Crippen LogP contribution >= 0.6 is 0 Å². The van der Waals surface area contributed by atoms with Crippen LogP contribution in [0.4, 0.5) is 0 Å². The van der Waals surface area contributed by atoms with Gasteiger partial charge < -0.3 is 4.74 Å². The van der Waals surface area contributed by atoms with Crippen LogP contribution in [0.2, 0.25) is 0 Å². The number of carbonyl (C=O) groups excluding carboxylic acids is 1. The van der Waals surface area contributed by atoms with Crippen LogP contribution in [0.25, 0.3) is 5.57 Å². The van der Waals surface area contributed by atoms with Gasteiger partial charge in [0.25, 0.3) is 0 Å². The predicted octanol–water partition coefficient (Wildman–Crippen LogP) is 6.73. The van der Waals surface area contributed by atoms with Crippen LogP contribution < -0.4 is 0 Å². The molecule has 1 unspecified atom stereocenters. The van der Waals surface area contributed by atoms with E-state index in [1.807, 2.05) is 6.92 Å². The molecule has 2 heteroatoms. The van der Waals surface area contributed by atoms with Gasteiger partial charge in [0.05, 0.1) is 6.61 Å². The third-order valence-electron chi connectivity index (χ3n) is 6.32. The second kappa shape index (κ2) is 10.2. The van der Waals surface area contributed by atoms with Gasteiger partial charge in [-0.1, -0.05) is 39.8 Å². The van der Waals surface area contributed by atoms with Crippen molar-refractivity contribution in [3.63, 3.8) is 0 Å². The van der Waals surface area contributed by atoms with E-state index in [4.69, 9.17) is 4.74 Å². The minimum atomic E-state index is 0.165. The van der Waals surface area contributed by atoms with Gasteiger partial charge in [0.15, 0.2) is 5.78 Å². The molecule has 1 aromatic carbocycles. The molecule has 154 valence electrons. The quantitative estimate of drug-likeness (QED) is 0.498. The molecule has 2 rings (SSSR count). The van der Waals surface area contributed by atoms with E-state index < -0.39 is 0 Å². The summed E-state index contributed by atoms with van der Waals surface area (Å²) in [5.41, 5.74) is 11.5. The molecular formula is C26H38O2. The van der Waals surface area contributed by atoms with Gasteiger partial charge in [0, 0.05) is 6.42 Å². The van der Waals surface area contributed by atoms with Gasteiger partial charge in [-0.25, -0.2) is 0 Å². The zero-order valence-electron chi connectivity index (χ0n) is 19.0. The molecule has 1 atom stereocenters. The monoisotopic (exact) mass is 382 g/mol. The maximum atomic E-state index is 11.5. The molecule has 2 nitrogen and oxygen atoms in total. The minimum absolute atomic E-state index is 0.165. The fraction of sp³-hybridized carbons (Fsp3) is 0.577. The molecule has 0 fully saturated rings.